The lowest BCUT2D eigenvalue weighted by atomic mass is 9.99. The molecule has 1 nitrogen and oxygen atoms in total. The molecule has 0 atom stereocenters. The second kappa shape index (κ2) is 5.21. The molecule has 0 saturated heterocycles. The highest BCUT2D eigenvalue weighted by Crippen LogP contribution is 2.23. The Bertz CT molecular complexity index is 625. The van der Waals surface area contributed by atoms with Gasteiger partial charge in [0.05, 0.1) is 4.47 Å². The van der Waals surface area contributed by atoms with Gasteiger partial charge in [-0.2, -0.15) is 0 Å². The van der Waals surface area contributed by atoms with Crippen LogP contribution in [0.1, 0.15) is 21.5 Å². The number of hydrogen-bond donors (Lipinski definition) is 0. The number of halogens is 3. The van der Waals surface area contributed by atoms with Crippen LogP contribution in [0.4, 0.5) is 4.39 Å². The molecule has 0 spiro atoms. The Morgan fingerprint density at radius 1 is 1.28 bits per heavy atom. The smallest absolute Gasteiger partial charge is 0.193 e. The Morgan fingerprint density at radius 3 is 2.67 bits per heavy atom. The summed E-state index contributed by atoms with van der Waals surface area (Å²) in [5, 5.41) is 0.544. The fourth-order valence-corrected chi connectivity index (χ4v) is 2.20. The van der Waals surface area contributed by atoms with Gasteiger partial charge in [-0.25, -0.2) is 4.39 Å². The van der Waals surface area contributed by atoms with Crippen molar-refractivity contribution >= 4 is 33.3 Å². The molecule has 2 rings (SSSR count). The van der Waals surface area contributed by atoms with Gasteiger partial charge in [0.1, 0.15) is 5.82 Å². The van der Waals surface area contributed by atoms with Crippen molar-refractivity contribution in [1.29, 1.82) is 0 Å². The summed E-state index contributed by atoms with van der Waals surface area (Å²) < 4.78 is 13.4. The summed E-state index contributed by atoms with van der Waals surface area (Å²) in [4.78, 5) is 12.3. The standard InChI is InChI=1S/C14H9BrClFO/c1-8-10(3-2-4-12(8)16)14(18)9-5-6-13(17)11(15)7-9/h2-7H,1H3. The maximum absolute atomic E-state index is 13.1. The lowest BCUT2D eigenvalue weighted by Gasteiger charge is -2.07. The molecule has 2 aromatic carbocycles. The molecule has 92 valence electrons. The summed E-state index contributed by atoms with van der Waals surface area (Å²) in [5.41, 5.74) is 1.68. The van der Waals surface area contributed by atoms with Gasteiger partial charge < -0.3 is 0 Å². The SMILES string of the molecule is Cc1c(Cl)cccc1C(=O)c1ccc(F)c(Br)c1. The van der Waals surface area contributed by atoms with Crippen molar-refractivity contribution in [1.82, 2.24) is 0 Å². The number of carbonyl (C=O) groups excluding carboxylic acids is 1. The van der Waals surface area contributed by atoms with Crippen molar-refractivity contribution in [3.63, 3.8) is 0 Å². The average Bonchev–Trinajstić information content (AvgIpc) is 2.35. The van der Waals surface area contributed by atoms with E-state index in [0.29, 0.717) is 16.1 Å². The number of ketones is 1. The van der Waals surface area contributed by atoms with E-state index in [4.69, 9.17) is 11.6 Å². The van der Waals surface area contributed by atoms with Gasteiger partial charge in [0.25, 0.3) is 0 Å². The molecular formula is C14H9BrClFO. The maximum atomic E-state index is 13.1. The first kappa shape index (κ1) is 13.2. The van der Waals surface area contributed by atoms with Crippen LogP contribution in [0, 0.1) is 12.7 Å². The predicted octanol–water partition coefficient (Wildman–Crippen LogP) is 4.78. The van der Waals surface area contributed by atoms with E-state index in [1.165, 1.54) is 18.2 Å². The number of carbonyl (C=O) groups is 1. The highest BCUT2D eigenvalue weighted by molar-refractivity contribution is 9.10. The summed E-state index contributed by atoms with van der Waals surface area (Å²) in [5.74, 6) is -0.565. The van der Waals surface area contributed by atoms with E-state index in [9.17, 15) is 9.18 Å². The summed E-state index contributed by atoms with van der Waals surface area (Å²) >= 11 is 9.05. The molecule has 0 saturated carbocycles. The maximum Gasteiger partial charge on any atom is 0.193 e. The van der Waals surface area contributed by atoms with Crippen molar-refractivity contribution in [2.45, 2.75) is 6.92 Å². The molecule has 0 radical (unpaired) electrons. The van der Waals surface area contributed by atoms with Crippen LogP contribution in [0.3, 0.4) is 0 Å². The topological polar surface area (TPSA) is 17.1 Å². The van der Waals surface area contributed by atoms with E-state index in [1.807, 2.05) is 0 Å². The van der Waals surface area contributed by atoms with Crippen molar-refractivity contribution in [2.24, 2.45) is 0 Å². The lowest BCUT2D eigenvalue weighted by molar-refractivity contribution is 0.103. The average molecular weight is 328 g/mol. The molecule has 0 unspecified atom stereocenters. The zero-order valence-electron chi connectivity index (χ0n) is 9.51. The molecule has 0 aliphatic heterocycles. The fourth-order valence-electron chi connectivity index (χ4n) is 1.65. The first-order chi connectivity index (χ1) is 8.50. The molecule has 18 heavy (non-hydrogen) atoms. The highest BCUT2D eigenvalue weighted by atomic mass is 79.9. The van der Waals surface area contributed by atoms with Crippen molar-refractivity contribution in [2.75, 3.05) is 0 Å². The first-order valence-corrected chi connectivity index (χ1v) is 6.42. The zero-order valence-corrected chi connectivity index (χ0v) is 11.8. The van der Waals surface area contributed by atoms with Crippen LogP contribution in [-0.4, -0.2) is 5.78 Å². The van der Waals surface area contributed by atoms with Gasteiger partial charge in [-0.3, -0.25) is 4.79 Å². The van der Waals surface area contributed by atoms with Crippen molar-refractivity contribution < 1.29 is 9.18 Å². The molecule has 0 aliphatic rings. The van der Waals surface area contributed by atoms with Gasteiger partial charge in [-0.05, 0) is 52.7 Å². The largest absolute Gasteiger partial charge is 0.289 e. The first-order valence-electron chi connectivity index (χ1n) is 5.25. The molecule has 0 bridgehead atoms. The van der Waals surface area contributed by atoms with Crippen LogP contribution in [0.25, 0.3) is 0 Å². The van der Waals surface area contributed by atoms with E-state index in [-0.39, 0.29) is 10.3 Å². The molecule has 4 heteroatoms. The van der Waals surface area contributed by atoms with Crippen molar-refractivity contribution in [3.8, 4) is 0 Å². The Kier molecular flexibility index (Phi) is 3.83. The molecule has 0 N–H and O–H groups in total. The van der Waals surface area contributed by atoms with E-state index < -0.39 is 5.82 Å². The highest BCUT2D eigenvalue weighted by Gasteiger charge is 2.14. The van der Waals surface area contributed by atoms with E-state index in [0.717, 1.165) is 5.56 Å². The van der Waals surface area contributed by atoms with Crippen LogP contribution in [0.15, 0.2) is 40.9 Å². The van der Waals surface area contributed by atoms with Gasteiger partial charge in [-0.1, -0.05) is 23.7 Å². The second-order valence-corrected chi connectivity index (χ2v) is 5.13. The van der Waals surface area contributed by atoms with E-state index in [2.05, 4.69) is 15.9 Å². The fraction of sp³-hybridized carbons (Fsp3) is 0.0714. The summed E-state index contributed by atoms with van der Waals surface area (Å²) in [7, 11) is 0. The van der Waals surface area contributed by atoms with Crippen molar-refractivity contribution in [3.05, 3.63) is 68.4 Å². The van der Waals surface area contributed by atoms with Gasteiger partial charge >= 0.3 is 0 Å². The lowest BCUT2D eigenvalue weighted by Crippen LogP contribution is -2.04. The minimum atomic E-state index is -0.394. The molecule has 2 aromatic rings. The minimum Gasteiger partial charge on any atom is -0.289 e. The summed E-state index contributed by atoms with van der Waals surface area (Å²) in [6, 6.07) is 9.36. The third kappa shape index (κ3) is 2.47. The monoisotopic (exact) mass is 326 g/mol. The van der Waals surface area contributed by atoms with Crippen LogP contribution in [0.2, 0.25) is 5.02 Å². The molecule has 0 fully saturated rings. The summed E-state index contributed by atoms with van der Waals surface area (Å²) in [6.45, 7) is 1.79. The van der Waals surface area contributed by atoms with Gasteiger partial charge in [0, 0.05) is 16.1 Å². The summed E-state index contributed by atoms with van der Waals surface area (Å²) in [6.07, 6.45) is 0. The predicted molar refractivity (Wildman–Crippen MR) is 73.7 cm³/mol. The third-order valence-corrected chi connectivity index (χ3v) is 3.71. The van der Waals surface area contributed by atoms with Crippen LogP contribution < -0.4 is 0 Å². The quantitative estimate of drug-likeness (QED) is 0.725. The van der Waals surface area contributed by atoms with Gasteiger partial charge in [-0.15, -0.1) is 0 Å². The molecular weight excluding hydrogens is 319 g/mol. The Morgan fingerprint density at radius 2 is 2.00 bits per heavy atom. The van der Waals surface area contributed by atoms with Crippen LogP contribution >= 0.6 is 27.5 Å². The normalized spacial score (nSPS) is 10.4. The number of benzene rings is 2. The minimum absolute atomic E-state index is 0.171. The molecule has 0 aliphatic carbocycles. The Labute approximate surface area is 118 Å². The number of rotatable bonds is 2. The Hall–Kier alpha value is -1.19. The second-order valence-electron chi connectivity index (χ2n) is 3.87. The van der Waals surface area contributed by atoms with E-state index in [1.54, 1.807) is 25.1 Å². The third-order valence-electron chi connectivity index (χ3n) is 2.69. The molecule has 0 amide bonds. The van der Waals surface area contributed by atoms with Crippen LogP contribution in [0.5, 0.6) is 0 Å². The van der Waals surface area contributed by atoms with Gasteiger partial charge in [0.15, 0.2) is 5.78 Å². The van der Waals surface area contributed by atoms with E-state index >= 15 is 0 Å². The van der Waals surface area contributed by atoms with Crippen LogP contribution in [-0.2, 0) is 0 Å². The number of hydrogen-bond acceptors (Lipinski definition) is 1. The van der Waals surface area contributed by atoms with Gasteiger partial charge in [0.2, 0.25) is 0 Å². The Balaban J connectivity index is 2.48. The zero-order chi connectivity index (χ0) is 13.3. The molecule has 0 aromatic heterocycles. The molecule has 0 heterocycles.